The minimum atomic E-state index is 0.547. The molecule has 0 spiro atoms. The Labute approximate surface area is 132 Å². The third kappa shape index (κ3) is 2.22. The molecule has 1 aromatic rings. The van der Waals surface area contributed by atoms with E-state index in [0.717, 1.165) is 23.8 Å². The van der Waals surface area contributed by atoms with Crippen LogP contribution in [0.25, 0.3) is 0 Å². The first-order valence-corrected chi connectivity index (χ1v) is 8.39. The molecule has 0 amide bonds. The van der Waals surface area contributed by atoms with Gasteiger partial charge in [-0.3, -0.25) is 0 Å². The first-order chi connectivity index (χ1) is 10.2. The molecule has 0 N–H and O–H groups in total. The lowest BCUT2D eigenvalue weighted by molar-refractivity contribution is -1.01. The SMILES string of the molecule is CCC[N@+]12CCc3cc(OC)c(OC)cc3[C@H]1[C@H](CCl)C2. The maximum atomic E-state index is 6.22. The summed E-state index contributed by atoms with van der Waals surface area (Å²) >= 11 is 6.22. The highest BCUT2D eigenvalue weighted by Crippen LogP contribution is 2.52. The number of hydrogen-bond donors (Lipinski definition) is 0. The van der Waals surface area contributed by atoms with Gasteiger partial charge >= 0.3 is 0 Å². The summed E-state index contributed by atoms with van der Waals surface area (Å²) in [5.41, 5.74) is 2.85. The summed E-state index contributed by atoms with van der Waals surface area (Å²) in [7, 11) is 3.41. The van der Waals surface area contributed by atoms with Crippen molar-refractivity contribution in [1.82, 2.24) is 0 Å². The number of fused-ring (bicyclic) bond motifs is 3. The fourth-order valence-electron chi connectivity index (χ4n) is 4.46. The molecule has 1 fully saturated rings. The fourth-order valence-corrected chi connectivity index (χ4v) is 4.73. The van der Waals surface area contributed by atoms with Crippen molar-refractivity contribution in [2.75, 3.05) is 39.7 Å². The Morgan fingerprint density at radius 3 is 2.57 bits per heavy atom. The number of methoxy groups -OCH3 is 2. The third-order valence-electron chi connectivity index (χ3n) is 5.29. The predicted octanol–water partition coefficient (Wildman–Crippen LogP) is 3.40. The van der Waals surface area contributed by atoms with E-state index in [1.165, 1.54) is 41.7 Å². The molecule has 4 heteroatoms. The zero-order chi connectivity index (χ0) is 15.0. The van der Waals surface area contributed by atoms with Crippen molar-refractivity contribution in [3.05, 3.63) is 23.3 Å². The number of ether oxygens (including phenoxy) is 2. The molecule has 0 saturated carbocycles. The van der Waals surface area contributed by atoms with Crippen molar-refractivity contribution in [1.29, 1.82) is 0 Å². The van der Waals surface area contributed by atoms with E-state index < -0.39 is 0 Å². The van der Waals surface area contributed by atoms with Crippen LogP contribution in [0.3, 0.4) is 0 Å². The van der Waals surface area contributed by atoms with Gasteiger partial charge in [0.25, 0.3) is 0 Å². The van der Waals surface area contributed by atoms with Crippen LogP contribution in [0.4, 0.5) is 0 Å². The number of benzene rings is 1. The lowest BCUT2D eigenvalue weighted by atomic mass is 9.75. The van der Waals surface area contributed by atoms with Gasteiger partial charge in [0.05, 0.1) is 39.8 Å². The highest BCUT2D eigenvalue weighted by atomic mass is 35.5. The number of nitrogens with zero attached hydrogens (tertiary/aromatic N) is 1. The van der Waals surface area contributed by atoms with E-state index in [4.69, 9.17) is 21.1 Å². The van der Waals surface area contributed by atoms with Crippen molar-refractivity contribution in [3.63, 3.8) is 0 Å². The Kier molecular flexibility index (Phi) is 4.06. The summed E-state index contributed by atoms with van der Waals surface area (Å²) in [5.74, 6) is 3.03. The topological polar surface area (TPSA) is 18.5 Å². The van der Waals surface area contributed by atoms with Gasteiger partial charge in [0, 0.05) is 17.9 Å². The molecule has 0 unspecified atom stereocenters. The molecule has 0 radical (unpaired) electrons. The molecule has 3 atom stereocenters. The van der Waals surface area contributed by atoms with Gasteiger partial charge < -0.3 is 14.0 Å². The van der Waals surface area contributed by atoms with Crippen LogP contribution in [0, 0.1) is 5.92 Å². The summed E-state index contributed by atoms with van der Waals surface area (Å²) in [4.78, 5) is 0. The second-order valence-electron chi connectivity index (χ2n) is 6.36. The summed E-state index contributed by atoms with van der Waals surface area (Å²) in [6.45, 7) is 6.00. The number of halogens is 1. The van der Waals surface area contributed by atoms with Crippen LogP contribution in [-0.4, -0.2) is 44.2 Å². The average Bonchev–Trinajstić information content (AvgIpc) is 2.49. The lowest BCUT2D eigenvalue weighted by Gasteiger charge is -2.59. The number of rotatable bonds is 5. The molecule has 2 aliphatic rings. The van der Waals surface area contributed by atoms with Crippen LogP contribution in [0.5, 0.6) is 11.5 Å². The number of quaternary nitrogens is 1. The molecule has 2 aliphatic heterocycles. The van der Waals surface area contributed by atoms with E-state index in [-0.39, 0.29) is 0 Å². The van der Waals surface area contributed by atoms with Crippen molar-refractivity contribution in [2.24, 2.45) is 5.92 Å². The van der Waals surface area contributed by atoms with Crippen LogP contribution in [0.1, 0.15) is 30.5 Å². The van der Waals surface area contributed by atoms with E-state index in [9.17, 15) is 0 Å². The quantitative estimate of drug-likeness (QED) is 0.613. The molecular weight excluding hydrogens is 286 g/mol. The summed E-state index contributed by atoms with van der Waals surface area (Å²) in [5, 5.41) is 0. The molecule has 0 bridgehead atoms. The van der Waals surface area contributed by atoms with Gasteiger partial charge in [-0.25, -0.2) is 0 Å². The molecule has 0 aliphatic carbocycles. The minimum Gasteiger partial charge on any atom is -0.493 e. The average molecular weight is 311 g/mol. The van der Waals surface area contributed by atoms with Crippen molar-refractivity contribution < 1.29 is 14.0 Å². The van der Waals surface area contributed by atoms with Gasteiger partial charge in [0.15, 0.2) is 11.5 Å². The molecule has 1 saturated heterocycles. The normalized spacial score (nSPS) is 30.1. The van der Waals surface area contributed by atoms with Crippen molar-refractivity contribution in [3.8, 4) is 11.5 Å². The van der Waals surface area contributed by atoms with Gasteiger partial charge in [-0.05, 0) is 24.1 Å². The van der Waals surface area contributed by atoms with Crippen molar-refractivity contribution >= 4 is 11.6 Å². The van der Waals surface area contributed by atoms with Gasteiger partial charge in [-0.2, -0.15) is 0 Å². The number of alkyl halides is 1. The fraction of sp³-hybridized carbons (Fsp3) is 0.647. The number of hydrogen-bond acceptors (Lipinski definition) is 2. The Morgan fingerprint density at radius 1 is 1.24 bits per heavy atom. The van der Waals surface area contributed by atoms with Gasteiger partial charge in [-0.15, -0.1) is 11.6 Å². The second kappa shape index (κ2) is 5.69. The Morgan fingerprint density at radius 2 is 1.95 bits per heavy atom. The third-order valence-corrected chi connectivity index (χ3v) is 5.69. The largest absolute Gasteiger partial charge is 0.493 e. The standard InChI is InChI=1S/C17H25ClNO2/c1-4-6-19-7-5-12-8-15(20-2)16(21-3)9-14(12)17(19)13(10-18)11-19/h8-9,13,17H,4-7,10-11H2,1-3H3/q+1/t13-,17-,19-/m1/s1. The first-order valence-electron chi connectivity index (χ1n) is 7.85. The van der Waals surface area contributed by atoms with E-state index in [0.29, 0.717) is 12.0 Å². The lowest BCUT2D eigenvalue weighted by Crippen LogP contribution is -2.68. The van der Waals surface area contributed by atoms with Gasteiger partial charge in [-0.1, -0.05) is 6.92 Å². The Balaban J connectivity index is 2.03. The van der Waals surface area contributed by atoms with Crippen LogP contribution >= 0.6 is 11.6 Å². The molecule has 2 heterocycles. The van der Waals surface area contributed by atoms with E-state index in [2.05, 4.69) is 19.1 Å². The highest BCUT2D eigenvalue weighted by molar-refractivity contribution is 6.18. The van der Waals surface area contributed by atoms with Crippen LogP contribution in [-0.2, 0) is 6.42 Å². The van der Waals surface area contributed by atoms with Gasteiger partial charge in [0.1, 0.15) is 6.04 Å². The Hall–Kier alpha value is -0.930. The summed E-state index contributed by atoms with van der Waals surface area (Å²) in [6.07, 6.45) is 2.36. The smallest absolute Gasteiger partial charge is 0.161 e. The van der Waals surface area contributed by atoms with Gasteiger partial charge in [0.2, 0.25) is 0 Å². The molecule has 21 heavy (non-hydrogen) atoms. The van der Waals surface area contributed by atoms with Crippen LogP contribution < -0.4 is 9.47 Å². The van der Waals surface area contributed by atoms with E-state index in [1.807, 2.05) is 0 Å². The maximum Gasteiger partial charge on any atom is 0.161 e. The van der Waals surface area contributed by atoms with E-state index in [1.54, 1.807) is 14.2 Å². The van der Waals surface area contributed by atoms with Crippen molar-refractivity contribution in [2.45, 2.75) is 25.8 Å². The highest BCUT2D eigenvalue weighted by Gasteiger charge is 2.56. The maximum absolute atomic E-state index is 6.22. The summed E-state index contributed by atoms with van der Waals surface area (Å²) < 4.78 is 12.2. The molecule has 3 nitrogen and oxygen atoms in total. The monoisotopic (exact) mass is 310 g/mol. The molecule has 0 aromatic heterocycles. The predicted molar refractivity (Wildman–Crippen MR) is 85.4 cm³/mol. The van der Waals surface area contributed by atoms with Crippen LogP contribution in [0.15, 0.2) is 12.1 Å². The molecule has 1 aromatic carbocycles. The zero-order valence-electron chi connectivity index (χ0n) is 13.2. The molecule has 3 rings (SSSR count). The van der Waals surface area contributed by atoms with E-state index >= 15 is 0 Å². The summed E-state index contributed by atoms with van der Waals surface area (Å²) in [6, 6.07) is 4.91. The van der Waals surface area contributed by atoms with Crippen LogP contribution in [0.2, 0.25) is 0 Å². The zero-order valence-corrected chi connectivity index (χ0v) is 13.9. The second-order valence-corrected chi connectivity index (χ2v) is 6.67. The first kappa shape index (κ1) is 15.0. The Bertz CT molecular complexity index is 534. The molecular formula is C17H25ClNO2+. The minimum absolute atomic E-state index is 0.547. The molecule has 116 valence electrons.